The Morgan fingerprint density at radius 1 is 1.17 bits per heavy atom. The van der Waals surface area contributed by atoms with E-state index in [2.05, 4.69) is 10.6 Å². The highest BCUT2D eigenvalue weighted by Gasteiger charge is 2.27. The van der Waals surface area contributed by atoms with Crippen molar-refractivity contribution < 1.29 is 29.6 Å². The third-order valence-corrected chi connectivity index (χ3v) is 2.63. The van der Waals surface area contributed by atoms with Gasteiger partial charge in [0.2, 0.25) is 5.91 Å². The lowest BCUT2D eigenvalue weighted by molar-refractivity contribution is -0.393. The highest BCUT2D eigenvalue weighted by atomic mass is 16.6. The number of aliphatic hydroxyl groups excluding tert-OH is 1. The maximum absolute atomic E-state index is 11.1. The molecule has 0 saturated heterocycles. The number of carbonyl (C=O) groups is 2. The number of benzene rings is 1. The van der Waals surface area contributed by atoms with Crippen molar-refractivity contribution in [3.63, 3.8) is 0 Å². The molecule has 4 N–H and O–H groups in total. The van der Waals surface area contributed by atoms with E-state index in [4.69, 9.17) is 10.2 Å². The number of rotatable bonds is 7. The van der Waals surface area contributed by atoms with Crippen LogP contribution in [0.3, 0.4) is 0 Å². The number of aliphatic hydroxyl groups is 1. The number of hydrogen-bond acceptors (Lipinski definition) is 8. The van der Waals surface area contributed by atoms with Gasteiger partial charge in [0.15, 0.2) is 0 Å². The Morgan fingerprint density at radius 2 is 1.70 bits per heavy atom. The van der Waals surface area contributed by atoms with Crippen molar-refractivity contribution in [1.29, 1.82) is 0 Å². The van der Waals surface area contributed by atoms with Gasteiger partial charge in [0.05, 0.1) is 22.5 Å². The van der Waals surface area contributed by atoms with E-state index in [0.717, 1.165) is 13.0 Å². The molecule has 1 aromatic carbocycles. The van der Waals surface area contributed by atoms with Crippen LogP contribution in [0.2, 0.25) is 0 Å². The molecule has 0 spiro atoms. The molecule has 1 aromatic rings. The average Bonchev–Trinajstić information content (AvgIpc) is 2.42. The summed E-state index contributed by atoms with van der Waals surface area (Å²) in [6.45, 7) is 0.199. The van der Waals surface area contributed by atoms with Crippen LogP contribution in [-0.2, 0) is 9.59 Å². The van der Waals surface area contributed by atoms with Gasteiger partial charge < -0.3 is 20.8 Å². The summed E-state index contributed by atoms with van der Waals surface area (Å²) in [5.41, 5.74) is -2.25. The number of nitrogens with one attached hydrogen (secondary N) is 2. The number of carbonyl (C=O) groups excluding carboxylic acids is 1. The molecule has 0 heterocycles. The van der Waals surface area contributed by atoms with Crippen LogP contribution in [0, 0.1) is 20.2 Å². The van der Waals surface area contributed by atoms with Crippen molar-refractivity contribution >= 4 is 34.6 Å². The molecular weight excluding hydrogens is 316 g/mol. The minimum Gasteiger partial charge on any atom is -0.480 e. The molecule has 0 aliphatic carbocycles. The van der Waals surface area contributed by atoms with E-state index in [1.54, 1.807) is 0 Å². The average molecular weight is 328 g/mol. The molecule has 12 heteroatoms. The molecule has 1 atom stereocenters. The Kier molecular flexibility index (Phi) is 5.51. The zero-order valence-electron chi connectivity index (χ0n) is 11.7. The van der Waals surface area contributed by atoms with Gasteiger partial charge in [-0.05, 0) is 6.07 Å². The van der Waals surface area contributed by atoms with Crippen LogP contribution in [0.15, 0.2) is 12.1 Å². The SMILES string of the molecule is CC(=O)Nc1cc(N[C@@H](CO)C(=O)O)c([N+](=O)[O-])cc1[N+](=O)[O-]. The molecular formula is C11H12N4O8. The van der Waals surface area contributed by atoms with Gasteiger partial charge in [0.25, 0.3) is 11.4 Å². The van der Waals surface area contributed by atoms with E-state index in [-0.39, 0.29) is 5.69 Å². The second-order valence-corrected chi connectivity index (χ2v) is 4.30. The number of hydrogen-bond donors (Lipinski definition) is 4. The molecule has 0 fully saturated rings. The summed E-state index contributed by atoms with van der Waals surface area (Å²) in [5, 5.41) is 44.1. The first kappa shape index (κ1) is 17.8. The largest absolute Gasteiger partial charge is 0.480 e. The lowest BCUT2D eigenvalue weighted by Crippen LogP contribution is -2.33. The number of amides is 1. The van der Waals surface area contributed by atoms with Crippen molar-refractivity contribution in [2.24, 2.45) is 0 Å². The maximum Gasteiger partial charge on any atom is 0.328 e. The summed E-state index contributed by atoms with van der Waals surface area (Å²) < 4.78 is 0. The summed E-state index contributed by atoms with van der Waals surface area (Å²) in [4.78, 5) is 42.1. The molecule has 0 aliphatic heterocycles. The van der Waals surface area contributed by atoms with Crippen LogP contribution in [0.4, 0.5) is 22.7 Å². The highest BCUT2D eigenvalue weighted by Crippen LogP contribution is 2.36. The topological polar surface area (TPSA) is 185 Å². The van der Waals surface area contributed by atoms with Crippen molar-refractivity contribution in [1.82, 2.24) is 0 Å². The summed E-state index contributed by atoms with van der Waals surface area (Å²) in [7, 11) is 0. The van der Waals surface area contributed by atoms with Crippen LogP contribution >= 0.6 is 0 Å². The lowest BCUT2D eigenvalue weighted by Gasteiger charge is -2.14. The fraction of sp³-hybridized carbons (Fsp3) is 0.273. The quantitative estimate of drug-likeness (QED) is 0.404. The third kappa shape index (κ3) is 4.34. The molecule has 0 saturated carbocycles. The van der Waals surface area contributed by atoms with Crippen molar-refractivity contribution in [3.8, 4) is 0 Å². The van der Waals surface area contributed by atoms with Gasteiger partial charge in [-0.2, -0.15) is 0 Å². The van der Waals surface area contributed by atoms with Gasteiger partial charge in [-0.15, -0.1) is 0 Å². The van der Waals surface area contributed by atoms with Crippen LogP contribution in [-0.4, -0.2) is 44.6 Å². The van der Waals surface area contributed by atoms with Gasteiger partial charge in [-0.25, -0.2) is 4.79 Å². The van der Waals surface area contributed by atoms with Crippen LogP contribution in [0.5, 0.6) is 0 Å². The molecule has 0 bridgehead atoms. The molecule has 1 amide bonds. The Hall–Kier alpha value is -3.28. The number of nitro groups is 2. The minimum absolute atomic E-state index is 0.349. The Bertz CT molecular complexity index is 674. The standard InChI is InChI=1S/C11H12N4O8/c1-5(17)12-6-2-7(13-8(4-16)11(18)19)10(15(22)23)3-9(6)14(20)21/h2-3,8,13,16H,4H2,1H3,(H,12,17)(H,18,19)/t8-/m0/s1. The summed E-state index contributed by atoms with van der Waals surface area (Å²) in [6, 6.07) is -0.118. The van der Waals surface area contributed by atoms with E-state index >= 15 is 0 Å². The summed E-state index contributed by atoms with van der Waals surface area (Å²) in [6.07, 6.45) is 0. The maximum atomic E-state index is 11.1. The van der Waals surface area contributed by atoms with Gasteiger partial charge in [0, 0.05) is 6.92 Å². The van der Waals surface area contributed by atoms with E-state index in [1.165, 1.54) is 0 Å². The van der Waals surface area contributed by atoms with Gasteiger partial charge in [0.1, 0.15) is 17.4 Å². The van der Waals surface area contributed by atoms with Gasteiger partial charge >= 0.3 is 5.97 Å². The van der Waals surface area contributed by atoms with Crippen LogP contribution < -0.4 is 10.6 Å². The minimum atomic E-state index is -1.57. The van der Waals surface area contributed by atoms with E-state index in [0.29, 0.717) is 6.07 Å². The molecule has 23 heavy (non-hydrogen) atoms. The second kappa shape index (κ2) is 7.13. The molecule has 0 aliphatic rings. The number of anilines is 2. The Labute approximate surface area is 128 Å². The smallest absolute Gasteiger partial charge is 0.328 e. The zero-order valence-corrected chi connectivity index (χ0v) is 11.7. The Morgan fingerprint density at radius 3 is 2.09 bits per heavy atom. The zero-order chi connectivity index (χ0) is 17.7. The Balaban J connectivity index is 3.47. The number of carboxylic acid groups (broad SMARTS) is 1. The fourth-order valence-electron chi connectivity index (χ4n) is 1.66. The first-order valence-electron chi connectivity index (χ1n) is 6.02. The van der Waals surface area contributed by atoms with Crippen LogP contribution in [0.1, 0.15) is 6.92 Å². The normalized spacial score (nSPS) is 11.4. The predicted octanol–water partition coefficient (Wildman–Crippen LogP) is 0.319. The van der Waals surface area contributed by atoms with Gasteiger partial charge in [-0.1, -0.05) is 0 Å². The van der Waals surface area contributed by atoms with Crippen molar-refractivity contribution in [2.45, 2.75) is 13.0 Å². The lowest BCUT2D eigenvalue weighted by atomic mass is 10.1. The number of aliphatic carboxylic acids is 1. The van der Waals surface area contributed by atoms with E-state index in [1.807, 2.05) is 0 Å². The first-order chi connectivity index (χ1) is 10.7. The number of carboxylic acids is 1. The van der Waals surface area contributed by atoms with Gasteiger partial charge in [-0.3, -0.25) is 25.0 Å². The van der Waals surface area contributed by atoms with E-state index in [9.17, 15) is 29.8 Å². The first-order valence-corrected chi connectivity index (χ1v) is 6.02. The third-order valence-electron chi connectivity index (χ3n) is 2.63. The molecule has 0 unspecified atom stereocenters. The molecule has 12 nitrogen and oxygen atoms in total. The molecule has 0 aromatic heterocycles. The summed E-state index contributed by atoms with van der Waals surface area (Å²) >= 11 is 0. The number of nitro benzene ring substituents is 2. The second-order valence-electron chi connectivity index (χ2n) is 4.30. The van der Waals surface area contributed by atoms with E-state index < -0.39 is 51.4 Å². The number of nitrogens with zero attached hydrogens (tertiary/aromatic N) is 2. The monoisotopic (exact) mass is 328 g/mol. The molecule has 0 radical (unpaired) electrons. The highest BCUT2D eigenvalue weighted by molar-refractivity contribution is 5.93. The fourth-order valence-corrected chi connectivity index (χ4v) is 1.66. The molecule has 124 valence electrons. The predicted molar refractivity (Wildman–Crippen MR) is 76.2 cm³/mol. The summed E-state index contributed by atoms with van der Waals surface area (Å²) in [5.74, 6) is -2.15. The van der Waals surface area contributed by atoms with Crippen LogP contribution in [0.25, 0.3) is 0 Å². The van der Waals surface area contributed by atoms with Crippen molar-refractivity contribution in [2.75, 3.05) is 17.2 Å². The van der Waals surface area contributed by atoms with Crippen molar-refractivity contribution in [3.05, 3.63) is 32.4 Å². The molecule has 1 rings (SSSR count).